The number of methoxy groups -OCH3 is 1. The molecule has 2 N–H and O–H groups in total. The van der Waals surface area contributed by atoms with Crippen molar-refractivity contribution in [1.82, 2.24) is 10.3 Å². The van der Waals surface area contributed by atoms with Crippen LogP contribution in [0, 0.1) is 6.92 Å². The van der Waals surface area contributed by atoms with Crippen molar-refractivity contribution in [2.75, 3.05) is 13.7 Å². The first kappa shape index (κ1) is 17.1. The number of carbonyl (C=O) groups excluding carboxylic acids is 1. The number of ether oxygens (including phenoxy) is 1. The summed E-state index contributed by atoms with van der Waals surface area (Å²) in [5.74, 6) is 0.789. The van der Waals surface area contributed by atoms with Gasteiger partial charge in [-0.1, -0.05) is 32.0 Å². The molecule has 1 heterocycles. The van der Waals surface area contributed by atoms with Gasteiger partial charge in [0.15, 0.2) is 0 Å². The van der Waals surface area contributed by atoms with Crippen molar-refractivity contribution >= 4 is 16.8 Å². The molecule has 3 aromatic rings. The lowest BCUT2D eigenvalue weighted by molar-refractivity contribution is 0.0945. The van der Waals surface area contributed by atoms with Gasteiger partial charge in [-0.25, -0.2) is 0 Å². The second kappa shape index (κ2) is 6.63. The lowest BCUT2D eigenvalue weighted by Crippen LogP contribution is -2.36. The summed E-state index contributed by atoms with van der Waals surface area (Å²) in [7, 11) is 1.67. The number of benzene rings is 2. The highest BCUT2D eigenvalue weighted by Crippen LogP contribution is 2.32. The van der Waals surface area contributed by atoms with Crippen molar-refractivity contribution in [2.45, 2.75) is 26.2 Å². The number of aromatic amines is 1. The molecule has 0 unspecified atom stereocenters. The van der Waals surface area contributed by atoms with Gasteiger partial charge in [-0.15, -0.1) is 0 Å². The number of rotatable bonds is 5. The third-order valence-electron chi connectivity index (χ3n) is 4.70. The number of carbonyl (C=O) groups is 1. The minimum atomic E-state index is -0.219. The maximum Gasteiger partial charge on any atom is 0.251 e. The van der Waals surface area contributed by atoms with E-state index in [0.717, 1.165) is 33.3 Å². The molecule has 0 aliphatic heterocycles. The molecule has 0 aliphatic rings. The van der Waals surface area contributed by atoms with Gasteiger partial charge in [0.05, 0.1) is 7.11 Å². The van der Waals surface area contributed by atoms with Crippen molar-refractivity contribution in [3.05, 3.63) is 65.4 Å². The van der Waals surface area contributed by atoms with Gasteiger partial charge in [0, 0.05) is 34.6 Å². The quantitative estimate of drug-likeness (QED) is 0.734. The molecule has 0 bridgehead atoms. The van der Waals surface area contributed by atoms with Crippen LogP contribution in [-0.2, 0) is 5.41 Å². The molecule has 2 aromatic carbocycles. The van der Waals surface area contributed by atoms with Crippen LogP contribution in [0.2, 0.25) is 0 Å². The average Bonchev–Trinajstić information content (AvgIpc) is 3.04. The van der Waals surface area contributed by atoms with E-state index in [1.54, 1.807) is 7.11 Å². The van der Waals surface area contributed by atoms with Crippen LogP contribution < -0.4 is 10.1 Å². The van der Waals surface area contributed by atoms with Gasteiger partial charge in [-0.05, 0) is 42.3 Å². The molecule has 4 nitrogen and oxygen atoms in total. The zero-order valence-corrected chi connectivity index (χ0v) is 15.1. The highest BCUT2D eigenvalue weighted by molar-refractivity contribution is 5.95. The lowest BCUT2D eigenvalue weighted by atomic mass is 9.84. The number of aromatic nitrogens is 1. The van der Waals surface area contributed by atoms with E-state index in [9.17, 15) is 4.79 Å². The van der Waals surface area contributed by atoms with Crippen molar-refractivity contribution in [3.8, 4) is 5.75 Å². The summed E-state index contributed by atoms with van der Waals surface area (Å²) in [6.07, 6.45) is 2.02. The predicted octanol–water partition coefficient (Wildman–Crippen LogP) is 4.19. The number of nitrogens with one attached hydrogen (secondary N) is 2. The number of hydrogen-bond donors (Lipinski definition) is 2. The molecule has 0 aliphatic carbocycles. The van der Waals surface area contributed by atoms with Crippen LogP contribution in [0.15, 0.2) is 48.7 Å². The second-order valence-corrected chi connectivity index (χ2v) is 7.00. The standard InChI is InChI=1S/C21H24N2O2/c1-14-7-5-6-8-16(14)20(24)23-13-21(2,3)18-12-22-19-10-9-15(25-4)11-17(18)19/h5-12,22H,13H2,1-4H3,(H,23,24). The number of fused-ring (bicyclic) bond motifs is 1. The van der Waals surface area contributed by atoms with Crippen LogP contribution in [0.1, 0.15) is 35.3 Å². The van der Waals surface area contributed by atoms with Gasteiger partial charge in [0.2, 0.25) is 0 Å². The first-order valence-electron chi connectivity index (χ1n) is 8.42. The van der Waals surface area contributed by atoms with E-state index < -0.39 is 0 Å². The van der Waals surface area contributed by atoms with E-state index in [1.165, 1.54) is 0 Å². The van der Waals surface area contributed by atoms with Gasteiger partial charge in [0.25, 0.3) is 5.91 Å². The lowest BCUT2D eigenvalue weighted by Gasteiger charge is -2.25. The Kier molecular flexibility index (Phi) is 4.53. The smallest absolute Gasteiger partial charge is 0.251 e. The van der Waals surface area contributed by atoms with E-state index >= 15 is 0 Å². The van der Waals surface area contributed by atoms with E-state index in [-0.39, 0.29) is 11.3 Å². The number of hydrogen-bond acceptors (Lipinski definition) is 2. The van der Waals surface area contributed by atoms with Crippen molar-refractivity contribution in [2.24, 2.45) is 0 Å². The van der Waals surface area contributed by atoms with Gasteiger partial charge in [0.1, 0.15) is 5.75 Å². The maximum absolute atomic E-state index is 12.5. The molecule has 25 heavy (non-hydrogen) atoms. The van der Waals surface area contributed by atoms with Crippen LogP contribution in [0.25, 0.3) is 10.9 Å². The zero-order valence-electron chi connectivity index (χ0n) is 15.1. The van der Waals surface area contributed by atoms with Crippen molar-refractivity contribution in [3.63, 3.8) is 0 Å². The maximum atomic E-state index is 12.5. The van der Waals surface area contributed by atoms with E-state index in [4.69, 9.17) is 4.74 Å². The van der Waals surface area contributed by atoms with Crippen molar-refractivity contribution in [1.29, 1.82) is 0 Å². The SMILES string of the molecule is COc1ccc2[nH]cc(C(C)(C)CNC(=O)c3ccccc3C)c2c1. The monoisotopic (exact) mass is 336 g/mol. The molecule has 0 fully saturated rings. The Labute approximate surface area is 148 Å². The summed E-state index contributed by atoms with van der Waals surface area (Å²) in [6, 6.07) is 13.6. The van der Waals surface area contributed by atoms with Gasteiger partial charge < -0.3 is 15.0 Å². The molecular formula is C21H24N2O2. The second-order valence-electron chi connectivity index (χ2n) is 7.00. The number of H-pyrrole nitrogens is 1. The molecule has 1 amide bonds. The van der Waals surface area contributed by atoms with Gasteiger partial charge in [-0.2, -0.15) is 0 Å². The van der Waals surface area contributed by atoms with Crippen LogP contribution in [0.5, 0.6) is 5.75 Å². The predicted molar refractivity (Wildman–Crippen MR) is 101 cm³/mol. The molecule has 3 rings (SSSR count). The molecule has 0 saturated heterocycles. The van der Waals surface area contributed by atoms with Crippen LogP contribution in [-0.4, -0.2) is 24.5 Å². The van der Waals surface area contributed by atoms with Crippen LogP contribution >= 0.6 is 0 Å². The first-order chi connectivity index (χ1) is 11.9. The van der Waals surface area contributed by atoms with Gasteiger partial charge >= 0.3 is 0 Å². The molecule has 4 heteroatoms. The summed E-state index contributed by atoms with van der Waals surface area (Å²) in [4.78, 5) is 15.8. The Hall–Kier alpha value is -2.75. The zero-order chi connectivity index (χ0) is 18.0. The minimum Gasteiger partial charge on any atom is -0.497 e. The summed E-state index contributed by atoms with van der Waals surface area (Å²) in [5, 5.41) is 4.20. The minimum absolute atomic E-state index is 0.0383. The Bertz CT molecular complexity index is 909. The average molecular weight is 336 g/mol. The summed E-state index contributed by atoms with van der Waals surface area (Å²) >= 11 is 0. The third kappa shape index (κ3) is 3.38. The number of aryl methyl sites for hydroxylation is 1. The number of amides is 1. The van der Waals surface area contributed by atoms with E-state index in [0.29, 0.717) is 6.54 Å². The summed E-state index contributed by atoms with van der Waals surface area (Å²) in [6.45, 7) is 6.76. The Morgan fingerprint density at radius 2 is 1.96 bits per heavy atom. The topological polar surface area (TPSA) is 54.1 Å². The molecule has 1 aromatic heterocycles. The van der Waals surface area contributed by atoms with Gasteiger partial charge in [-0.3, -0.25) is 4.79 Å². The molecule has 0 atom stereocenters. The molecule has 130 valence electrons. The largest absolute Gasteiger partial charge is 0.497 e. The Morgan fingerprint density at radius 3 is 2.68 bits per heavy atom. The Balaban J connectivity index is 1.82. The fourth-order valence-electron chi connectivity index (χ4n) is 3.11. The normalized spacial score (nSPS) is 11.5. The third-order valence-corrected chi connectivity index (χ3v) is 4.70. The fourth-order valence-corrected chi connectivity index (χ4v) is 3.11. The highest BCUT2D eigenvalue weighted by atomic mass is 16.5. The fraction of sp³-hybridized carbons (Fsp3) is 0.286. The molecule has 0 radical (unpaired) electrons. The summed E-state index contributed by atoms with van der Waals surface area (Å²) < 4.78 is 5.34. The molecule has 0 spiro atoms. The summed E-state index contributed by atoms with van der Waals surface area (Å²) in [5.41, 5.74) is 3.71. The van der Waals surface area contributed by atoms with Crippen LogP contribution in [0.4, 0.5) is 0 Å². The van der Waals surface area contributed by atoms with E-state index in [1.807, 2.05) is 55.6 Å². The highest BCUT2D eigenvalue weighted by Gasteiger charge is 2.25. The first-order valence-corrected chi connectivity index (χ1v) is 8.42. The molecule has 0 saturated carbocycles. The molecular weight excluding hydrogens is 312 g/mol. The van der Waals surface area contributed by atoms with Crippen LogP contribution in [0.3, 0.4) is 0 Å². The van der Waals surface area contributed by atoms with Crippen molar-refractivity contribution < 1.29 is 9.53 Å². The van der Waals surface area contributed by atoms with E-state index in [2.05, 4.69) is 24.1 Å². The Morgan fingerprint density at radius 1 is 1.20 bits per heavy atom.